The fourth-order valence-corrected chi connectivity index (χ4v) is 12.9. The third-order valence-electron chi connectivity index (χ3n) is 19.0. The Hall–Kier alpha value is -2.73. The maximum atomic E-state index is 12.6. The van der Waals surface area contributed by atoms with Crippen LogP contribution < -0.4 is 4.74 Å². The van der Waals surface area contributed by atoms with E-state index in [-0.39, 0.29) is 24.5 Å². The topological polar surface area (TPSA) is 124 Å². The predicted octanol–water partition coefficient (Wildman–Crippen LogP) is 21.9. The van der Waals surface area contributed by atoms with E-state index in [0.29, 0.717) is 76.7 Å². The SMILES string of the molecule is CCCCCC(CCCCC)CCOC(=O)CCCCCCCCN(CCCCCCCCC(=O)OCCC(CCCCC)CCCCC)CCOCc1ccc(OCCN(CCCO)CCCCCCCCC(=O)OCCC(CCCCC)CCCCC)cc1. The molecule has 11 heteroatoms. The van der Waals surface area contributed by atoms with Crippen molar-refractivity contribution in [2.75, 3.05) is 78.9 Å². The maximum absolute atomic E-state index is 12.6. The van der Waals surface area contributed by atoms with E-state index in [9.17, 15) is 19.5 Å². The zero-order chi connectivity index (χ0) is 66.0. The fourth-order valence-electron chi connectivity index (χ4n) is 12.9. The second kappa shape index (κ2) is 67.3. The molecule has 0 aliphatic rings. The van der Waals surface area contributed by atoms with Crippen LogP contribution in [0.2, 0.25) is 0 Å². The van der Waals surface area contributed by atoms with Crippen LogP contribution in [-0.4, -0.2) is 112 Å². The monoisotopic (exact) mass is 1280 g/mol. The van der Waals surface area contributed by atoms with Gasteiger partial charge < -0.3 is 33.7 Å². The van der Waals surface area contributed by atoms with E-state index in [1.165, 1.54) is 218 Å². The molecule has 0 saturated heterocycles. The standard InChI is InChI=1S/C80H150N2O9/c1-7-13-31-44-73(45-32-14-8-2)57-67-89-78(84)50-37-25-19-22-28-40-60-81(61-41-29-23-20-26-38-51-79(85)90-68-58-74(46-33-15-9-3)47-34-16-10-4)64-70-87-72-76-53-55-77(56-54-76)88-71-65-82(63-43-66-83)62-42-30-24-21-27-39-52-80(86)91-69-59-75(48-35-17-11-5)49-36-18-12-6/h53-56,73-75,83H,7-52,57-72H2,1-6H3. The summed E-state index contributed by atoms with van der Waals surface area (Å²) in [7, 11) is 0. The van der Waals surface area contributed by atoms with Gasteiger partial charge in [-0.05, 0) is 119 Å². The summed E-state index contributed by atoms with van der Waals surface area (Å²) >= 11 is 0. The highest BCUT2D eigenvalue weighted by Crippen LogP contribution is 2.25. The molecule has 0 aliphatic heterocycles. The van der Waals surface area contributed by atoms with E-state index >= 15 is 0 Å². The number of esters is 3. The molecule has 0 fully saturated rings. The number of carbonyl (C=O) groups excluding carboxylic acids is 3. The van der Waals surface area contributed by atoms with E-state index in [0.717, 1.165) is 128 Å². The number of aliphatic hydroxyl groups is 1. The first-order valence-electron chi connectivity index (χ1n) is 39.5. The van der Waals surface area contributed by atoms with E-state index in [1.54, 1.807) is 0 Å². The van der Waals surface area contributed by atoms with Crippen LogP contribution in [0.5, 0.6) is 5.75 Å². The lowest BCUT2D eigenvalue weighted by Gasteiger charge is -2.22. The molecular formula is C80H150N2O9. The number of carbonyl (C=O) groups is 3. The van der Waals surface area contributed by atoms with Crippen LogP contribution in [0.25, 0.3) is 0 Å². The molecule has 0 unspecified atom stereocenters. The molecule has 11 nitrogen and oxygen atoms in total. The first kappa shape index (κ1) is 86.3. The van der Waals surface area contributed by atoms with Crippen molar-refractivity contribution in [3.8, 4) is 5.75 Å². The number of benzene rings is 1. The van der Waals surface area contributed by atoms with Crippen molar-refractivity contribution in [3.05, 3.63) is 29.8 Å². The molecule has 1 aromatic rings. The zero-order valence-corrected chi connectivity index (χ0v) is 61.0. The van der Waals surface area contributed by atoms with Crippen molar-refractivity contribution < 1.29 is 43.2 Å². The van der Waals surface area contributed by atoms with Crippen LogP contribution in [0.1, 0.15) is 362 Å². The fraction of sp³-hybridized carbons (Fsp3) is 0.887. The van der Waals surface area contributed by atoms with Crippen LogP contribution in [0.3, 0.4) is 0 Å². The third-order valence-corrected chi connectivity index (χ3v) is 19.0. The van der Waals surface area contributed by atoms with Crippen molar-refractivity contribution in [2.45, 2.75) is 363 Å². The van der Waals surface area contributed by atoms with Crippen molar-refractivity contribution in [1.82, 2.24) is 9.80 Å². The summed E-state index contributed by atoms with van der Waals surface area (Å²) in [5.74, 6) is 2.91. The number of unbranched alkanes of at least 4 members (excludes halogenated alkanes) is 27. The Kier molecular flexibility index (Phi) is 63.8. The molecule has 1 rings (SSSR count). The molecule has 0 aromatic heterocycles. The number of nitrogens with zero attached hydrogens (tertiary/aromatic N) is 2. The van der Waals surface area contributed by atoms with Gasteiger partial charge in [0.1, 0.15) is 12.4 Å². The van der Waals surface area contributed by atoms with E-state index in [1.807, 2.05) is 0 Å². The number of hydrogen-bond donors (Lipinski definition) is 1. The molecule has 91 heavy (non-hydrogen) atoms. The van der Waals surface area contributed by atoms with Gasteiger partial charge in [0.25, 0.3) is 0 Å². The molecule has 0 aliphatic carbocycles. The summed E-state index contributed by atoms with van der Waals surface area (Å²) in [5, 5.41) is 9.60. The summed E-state index contributed by atoms with van der Waals surface area (Å²) in [6, 6.07) is 8.36. The van der Waals surface area contributed by atoms with Gasteiger partial charge >= 0.3 is 17.9 Å². The Labute approximate surface area is 563 Å². The lowest BCUT2D eigenvalue weighted by atomic mass is 9.92. The first-order valence-corrected chi connectivity index (χ1v) is 39.5. The van der Waals surface area contributed by atoms with Crippen LogP contribution in [0.4, 0.5) is 0 Å². The van der Waals surface area contributed by atoms with Gasteiger partial charge in [-0.15, -0.1) is 0 Å². The molecule has 0 radical (unpaired) electrons. The number of ether oxygens (including phenoxy) is 5. The molecule has 0 atom stereocenters. The van der Waals surface area contributed by atoms with Crippen molar-refractivity contribution in [2.24, 2.45) is 17.8 Å². The van der Waals surface area contributed by atoms with Gasteiger partial charge in [0.15, 0.2) is 0 Å². The molecule has 1 aromatic carbocycles. The Morgan fingerprint density at radius 1 is 0.330 bits per heavy atom. The smallest absolute Gasteiger partial charge is 0.305 e. The minimum absolute atomic E-state index is 0.0127. The van der Waals surface area contributed by atoms with Crippen LogP contribution in [-0.2, 0) is 39.9 Å². The lowest BCUT2D eigenvalue weighted by molar-refractivity contribution is -0.145. The largest absolute Gasteiger partial charge is 0.492 e. The Morgan fingerprint density at radius 2 is 0.626 bits per heavy atom. The molecule has 0 saturated carbocycles. The van der Waals surface area contributed by atoms with Crippen LogP contribution >= 0.6 is 0 Å². The Morgan fingerprint density at radius 3 is 0.945 bits per heavy atom. The van der Waals surface area contributed by atoms with Gasteiger partial charge in [0, 0.05) is 45.5 Å². The second-order valence-electron chi connectivity index (χ2n) is 27.5. The highest BCUT2D eigenvalue weighted by atomic mass is 16.5. The summed E-state index contributed by atoms with van der Waals surface area (Å²) < 4.78 is 29.6. The van der Waals surface area contributed by atoms with Crippen molar-refractivity contribution in [1.29, 1.82) is 0 Å². The number of rotatable bonds is 72. The summed E-state index contributed by atoms with van der Waals surface area (Å²) in [6.45, 7) is 23.2. The summed E-state index contributed by atoms with van der Waals surface area (Å²) in [5.41, 5.74) is 1.15. The zero-order valence-electron chi connectivity index (χ0n) is 61.0. The van der Waals surface area contributed by atoms with Crippen molar-refractivity contribution >= 4 is 17.9 Å². The highest BCUT2D eigenvalue weighted by Gasteiger charge is 2.15. The summed E-state index contributed by atoms with van der Waals surface area (Å²) in [6.07, 6.45) is 56.3. The highest BCUT2D eigenvalue weighted by molar-refractivity contribution is 5.69. The Balaban J connectivity index is 2.51. The van der Waals surface area contributed by atoms with Crippen LogP contribution in [0.15, 0.2) is 24.3 Å². The second-order valence-corrected chi connectivity index (χ2v) is 27.5. The van der Waals surface area contributed by atoms with Crippen molar-refractivity contribution in [3.63, 3.8) is 0 Å². The molecule has 0 bridgehead atoms. The molecule has 0 spiro atoms. The maximum Gasteiger partial charge on any atom is 0.305 e. The van der Waals surface area contributed by atoms with Gasteiger partial charge in [-0.1, -0.05) is 285 Å². The van der Waals surface area contributed by atoms with Gasteiger partial charge in [-0.25, -0.2) is 0 Å². The quantitative estimate of drug-likeness (QED) is 0.0381. The first-order chi connectivity index (χ1) is 44.7. The molecule has 534 valence electrons. The van der Waals surface area contributed by atoms with Gasteiger partial charge in [-0.3, -0.25) is 19.3 Å². The van der Waals surface area contributed by atoms with Gasteiger partial charge in [-0.2, -0.15) is 0 Å². The third kappa shape index (κ3) is 57.3. The van der Waals surface area contributed by atoms with E-state index in [4.69, 9.17) is 23.7 Å². The lowest BCUT2D eigenvalue weighted by Crippen LogP contribution is -2.31. The van der Waals surface area contributed by atoms with Crippen LogP contribution in [0, 0.1) is 17.8 Å². The number of hydrogen-bond acceptors (Lipinski definition) is 11. The molecule has 0 amide bonds. The molecule has 1 N–H and O–H groups in total. The summed E-state index contributed by atoms with van der Waals surface area (Å²) in [4.78, 5) is 42.6. The predicted molar refractivity (Wildman–Crippen MR) is 385 cm³/mol. The van der Waals surface area contributed by atoms with E-state index < -0.39 is 0 Å². The molecular weight excluding hydrogens is 1130 g/mol. The Bertz CT molecular complexity index is 1610. The van der Waals surface area contributed by atoms with Gasteiger partial charge in [0.2, 0.25) is 0 Å². The number of aliphatic hydroxyl groups excluding tert-OH is 1. The van der Waals surface area contributed by atoms with E-state index in [2.05, 4.69) is 75.6 Å². The minimum Gasteiger partial charge on any atom is -0.492 e. The average Bonchev–Trinajstić information content (AvgIpc) is 3.75. The molecule has 0 heterocycles. The minimum atomic E-state index is -0.0222. The van der Waals surface area contributed by atoms with Gasteiger partial charge in [0.05, 0.1) is 33.0 Å². The average molecular weight is 1280 g/mol. The normalized spacial score (nSPS) is 11.8.